The summed E-state index contributed by atoms with van der Waals surface area (Å²) in [7, 11) is -3.48. The quantitative estimate of drug-likeness (QED) is 0.109. The van der Waals surface area contributed by atoms with Crippen molar-refractivity contribution in [2.24, 2.45) is 5.16 Å². The van der Waals surface area contributed by atoms with Gasteiger partial charge in [-0.25, -0.2) is 22.2 Å². The molecule has 14 heteroatoms. The predicted octanol–water partition coefficient (Wildman–Crippen LogP) is 0.933. The third kappa shape index (κ3) is 6.40. The molecular formula is C14H18BrFN6O5S. The summed E-state index contributed by atoms with van der Waals surface area (Å²) in [6.07, 6.45) is 0.233. The Balaban J connectivity index is 1.96. The number of aliphatic hydroxyl groups is 1. The maximum Gasteiger partial charge on any atom is 0.211 e. The molecule has 0 bridgehead atoms. The minimum atomic E-state index is -3.48. The molecule has 2 rings (SSSR count). The molecule has 154 valence electrons. The average molecular weight is 481 g/mol. The fourth-order valence-corrected chi connectivity index (χ4v) is 3.49. The standard InChI is InChI=1S/C14H18BrFN6O5S/c15-10-8-9(2-3-11(10)16)19-14(20-24)12-13(22-27-21-12)17-4-1-7-28(25,26)18-5-6-23/h2-3,8,18,23-24H,1,4-7H2,(H,17,22)(H,19,20). The van der Waals surface area contributed by atoms with Crippen LogP contribution in [0.15, 0.2) is 32.5 Å². The van der Waals surface area contributed by atoms with Crippen molar-refractivity contribution in [3.05, 3.63) is 34.2 Å². The maximum atomic E-state index is 13.3. The smallest absolute Gasteiger partial charge is 0.211 e. The Morgan fingerprint density at radius 3 is 2.79 bits per heavy atom. The van der Waals surface area contributed by atoms with Crippen LogP contribution in [0.2, 0.25) is 0 Å². The number of amidine groups is 1. The van der Waals surface area contributed by atoms with E-state index in [-0.39, 0.29) is 53.7 Å². The molecule has 0 spiro atoms. The van der Waals surface area contributed by atoms with Gasteiger partial charge in [-0.05, 0) is 50.9 Å². The van der Waals surface area contributed by atoms with Crippen LogP contribution >= 0.6 is 15.9 Å². The fraction of sp³-hybridized carbons (Fsp3) is 0.357. The molecule has 2 aromatic rings. The van der Waals surface area contributed by atoms with Gasteiger partial charge in [-0.1, -0.05) is 5.16 Å². The van der Waals surface area contributed by atoms with Gasteiger partial charge in [-0.2, -0.15) is 0 Å². The van der Waals surface area contributed by atoms with Gasteiger partial charge in [0.1, 0.15) is 5.82 Å². The Labute approximate surface area is 168 Å². The first-order chi connectivity index (χ1) is 13.4. The lowest BCUT2D eigenvalue weighted by atomic mass is 10.3. The summed E-state index contributed by atoms with van der Waals surface area (Å²) in [5.74, 6) is -0.604. The maximum absolute atomic E-state index is 13.3. The van der Waals surface area contributed by atoms with Crippen molar-refractivity contribution < 1.29 is 27.8 Å². The van der Waals surface area contributed by atoms with Crippen LogP contribution in [0.25, 0.3) is 0 Å². The van der Waals surface area contributed by atoms with E-state index in [4.69, 9.17) is 5.11 Å². The SMILES string of the molecule is O=S(=O)(CCCNc1nonc1/C(=N/O)Nc1ccc(F)c(Br)c1)NCCO. The van der Waals surface area contributed by atoms with E-state index in [1.165, 1.54) is 18.2 Å². The van der Waals surface area contributed by atoms with Gasteiger partial charge in [-0.15, -0.1) is 0 Å². The van der Waals surface area contributed by atoms with E-state index in [0.717, 1.165) is 0 Å². The number of aliphatic hydroxyl groups excluding tert-OH is 1. The largest absolute Gasteiger partial charge is 0.409 e. The highest BCUT2D eigenvalue weighted by Gasteiger charge is 2.18. The number of oxime groups is 1. The van der Waals surface area contributed by atoms with Crippen molar-refractivity contribution in [1.29, 1.82) is 0 Å². The van der Waals surface area contributed by atoms with Crippen LogP contribution in [0.1, 0.15) is 12.1 Å². The minimum absolute atomic E-state index is 0.0456. The molecule has 1 aromatic carbocycles. The van der Waals surface area contributed by atoms with Crippen molar-refractivity contribution >= 4 is 43.3 Å². The molecule has 0 unspecified atom stereocenters. The third-order valence-corrected chi connectivity index (χ3v) is 5.39. The van der Waals surface area contributed by atoms with Crippen molar-refractivity contribution in [1.82, 2.24) is 15.0 Å². The van der Waals surface area contributed by atoms with E-state index in [0.29, 0.717) is 5.69 Å². The summed E-state index contributed by atoms with van der Waals surface area (Å²) in [4.78, 5) is 0. The second-order valence-electron chi connectivity index (χ2n) is 5.38. The third-order valence-electron chi connectivity index (χ3n) is 3.31. The van der Waals surface area contributed by atoms with Crippen molar-refractivity contribution in [2.45, 2.75) is 6.42 Å². The lowest BCUT2D eigenvalue weighted by molar-refractivity contribution is 0.301. The summed E-state index contributed by atoms with van der Waals surface area (Å²) in [5, 5.41) is 33.9. The van der Waals surface area contributed by atoms with E-state index < -0.39 is 15.8 Å². The highest BCUT2D eigenvalue weighted by atomic mass is 79.9. The summed E-state index contributed by atoms with van der Waals surface area (Å²) in [5.41, 5.74) is 0.459. The molecule has 0 fully saturated rings. The second kappa shape index (κ2) is 10.3. The molecule has 0 aliphatic carbocycles. The van der Waals surface area contributed by atoms with Gasteiger partial charge in [0.2, 0.25) is 21.7 Å². The highest BCUT2D eigenvalue weighted by Crippen LogP contribution is 2.21. The summed E-state index contributed by atoms with van der Waals surface area (Å²) < 4.78 is 43.7. The van der Waals surface area contributed by atoms with E-state index in [1.807, 2.05) is 0 Å². The normalized spacial score (nSPS) is 12.2. The molecule has 0 saturated carbocycles. The van der Waals surface area contributed by atoms with Gasteiger partial charge in [0.25, 0.3) is 0 Å². The lowest BCUT2D eigenvalue weighted by Crippen LogP contribution is -2.29. The van der Waals surface area contributed by atoms with Crippen molar-refractivity contribution in [3.8, 4) is 0 Å². The van der Waals surface area contributed by atoms with E-state index in [9.17, 15) is 18.0 Å². The number of rotatable bonds is 10. The van der Waals surface area contributed by atoms with Gasteiger partial charge < -0.3 is 20.9 Å². The van der Waals surface area contributed by atoms with Gasteiger partial charge in [0, 0.05) is 18.8 Å². The van der Waals surface area contributed by atoms with Gasteiger partial charge in [0.15, 0.2) is 5.69 Å². The number of nitrogens with zero attached hydrogens (tertiary/aromatic N) is 3. The Morgan fingerprint density at radius 2 is 2.11 bits per heavy atom. The fourth-order valence-electron chi connectivity index (χ4n) is 2.04. The highest BCUT2D eigenvalue weighted by molar-refractivity contribution is 9.10. The number of aromatic nitrogens is 2. The Morgan fingerprint density at radius 1 is 1.32 bits per heavy atom. The number of sulfonamides is 1. The zero-order valence-electron chi connectivity index (χ0n) is 14.4. The number of nitrogens with one attached hydrogen (secondary N) is 3. The lowest BCUT2D eigenvalue weighted by Gasteiger charge is -2.09. The van der Waals surface area contributed by atoms with E-state index in [2.05, 4.69) is 51.4 Å². The molecule has 0 saturated heterocycles. The second-order valence-corrected chi connectivity index (χ2v) is 8.16. The Kier molecular flexibility index (Phi) is 8.10. The van der Waals surface area contributed by atoms with Crippen LogP contribution in [0.4, 0.5) is 15.9 Å². The van der Waals surface area contributed by atoms with Crippen LogP contribution in [-0.4, -0.2) is 60.3 Å². The van der Waals surface area contributed by atoms with Gasteiger partial charge in [-0.3, -0.25) is 0 Å². The zero-order valence-corrected chi connectivity index (χ0v) is 16.8. The van der Waals surface area contributed by atoms with Crippen molar-refractivity contribution in [2.75, 3.05) is 36.1 Å². The molecule has 28 heavy (non-hydrogen) atoms. The summed E-state index contributed by atoms with van der Waals surface area (Å²) in [6, 6.07) is 4.08. The van der Waals surface area contributed by atoms with E-state index in [1.54, 1.807) is 0 Å². The van der Waals surface area contributed by atoms with Crippen LogP contribution in [0.5, 0.6) is 0 Å². The molecule has 1 aromatic heterocycles. The number of benzene rings is 1. The first-order valence-corrected chi connectivity index (χ1v) is 10.4. The van der Waals surface area contributed by atoms with Crippen LogP contribution in [0, 0.1) is 5.82 Å². The molecule has 0 radical (unpaired) electrons. The molecule has 11 nitrogen and oxygen atoms in total. The number of hydrogen-bond acceptors (Lipinski definition) is 9. The zero-order chi connectivity index (χ0) is 20.6. The molecule has 0 atom stereocenters. The average Bonchev–Trinajstić information content (AvgIpc) is 3.13. The Hall–Kier alpha value is -2.29. The molecule has 1 heterocycles. The van der Waals surface area contributed by atoms with E-state index >= 15 is 0 Å². The predicted molar refractivity (Wildman–Crippen MR) is 102 cm³/mol. The summed E-state index contributed by atoms with van der Waals surface area (Å²) >= 11 is 3.05. The van der Waals surface area contributed by atoms with Crippen LogP contribution in [0.3, 0.4) is 0 Å². The summed E-state index contributed by atoms with van der Waals surface area (Å²) in [6.45, 7) is -0.122. The topological polar surface area (TPSA) is 162 Å². The van der Waals surface area contributed by atoms with Crippen molar-refractivity contribution in [3.63, 3.8) is 0 Å². The molecule has 5 N–H and O–H groups in total. The molecule has 0 aliphatic rings. The monoisotopic (exact) mass is 480 g/mol. The van der Waals surface area contributed by atoms with Crippen LogP contribution < -0.4 is 15.4 Å². The first-order valence-electron chi connectivity index (χ1n) is 7.95. The van der Waals surface area contributed by atoms with Crippen LogP contribution in [-0.2, 0) is 10.0 Å². The minimum Gasteiger partial charge on any atom is -0.409 e. The number of halogens is 2. The molecule has 0 amide bonds. The molecule has 0 aliphatic heterocycles. The number of hydrogen-bond donors (Lipinski definition) is 5. The van der Waals surface area contributed by atoms with Gasteiger partial charge >= 0.3 is 0 Å². The Bertz CT molecular complexity index is 923. The first kappa shape index (κ1) is 22.0. The van der Waals surface area contributed by atoms with Gasteiger partial charge in [0.05, 0.1) is 16.8 Å². The molecular weight excluding hydrogens is 463 g/mol. The number of anilines is 2.